The van der Waals surface area contributed by atoms with Crippen LogP contribution in [-0.4, -0.2) is 12.2 Å². The first-order chi connectivity index (χ1) is 15.7. The standard InChI is InChI=1S/C28H18N2O2/c1-20(23-14-8-9-15-25(23)29-18-31)27-26(30-19-32)17-16-24(21-10-4-2-5-11-21)28(27)22-12-6-3-7-13-22/h2-17H,1H2. The van der Waals surface area contributed by atoms with Gasteiger partial charge in [-0.25, -0.2) is 9.59 Å². The summed E-state index contributed by atoms with van der Waals surface area (Å²) in [4.78, 5) is 30.1. The highest BCUT2D eigenvalue weighted by molar-refractivity contribution is 6.01. The van der Waals surface area contributed by atoms with Crippen LogP contribution in [0.1, 0.15) is 11.1 Å². The quantitative estimate of drug-likeness (QED) is 0.251. The molecule has 152 valence electrons. The predicted molar refractivity (Wildman–Crippen MR) is 127 cm³/mol. The van der Waals surface area contributed by atoms with Crippen LogP contribution < -0.4 is 0 Å². The van der Waals surface area contributed by atoms with Gasteiger partial charge in [0.15, 0.2) is 0 Å². The van der Waals surface area contributed by atoms with Gasteiger partial charge in [0, 0.05) is 11.1 Å². The van der Waals surface area contributed by atoms with E-state index >= 15 is 0 Å². The molecule has 0 saturated carbocycles. The first-order valence-corrected chi connectivity index (χ1v) is 9.97. The summed E-state index contributed by atoms with van der Waals surface area (Å²) in [5.74, 6) is 0. The summed E-state index contributed by atoms with van der Waals surface area (Å²) in [6, 6.07) is 30.7. The molecule has 0 aliphatic carbocycles. The zero-order valence-corrected chi connectivity index (χ0v) is 17.2. The summed E-state index contributed by atoms with van der Waals surface area (Å²) in [6.07, 6.45) is 3.26. The lowest BCUT2D eigenvalue weighted by Gasteiger charge is -2.20. The van der Waals surface area contributed by atoms with Gasteiger partial charge in [-0.05, 0) is 40.0 Å². The van der Waals surface area contributed by atoms with E-state index in [-0.39, 0.29) is 0 Å². The SMILES string of the molecule is C=C(c1ccccc1N=C=O)c1c(N=C=O)ccc(-c2ccccc2)c1-c1ccccc1. The maximum Gasteiger partial charge on any atom is 0.240 e. The van der Waals surface area contributed by atoms with Crippen molar-refractivity contribution in [3.8, 4) is 22.3 Å². The van der Waals surface area contributed by atoms with Crippen molar-refractivity contribution in [1.29, 1.82) is 0 Å². The Hall–Kier alpha value is -4.62. The molecule has 0 heterocycles. The minimum atomic E-state index is 0.438. The lowest BCUT2D eigenvalue weighted by atomic mass is 9.84. The highest BCUT2D eigenvalue weighted by Crippen LogP contribution is 2.45. The first-order valence-electron chi connectivity index (χ1n) is 9.97. The third kappa shape index (κ3) is 4.00. The molecule has 0 N–H and O–H groups in total. The molecular weight excluding hydrogens is 396 g/mol. The van der Waals surface area contributed by atoms with Gasteiger partial charge in [0.2, 0.25) is 12.2 Å². The van der Waals surface area contributed by atoms with Crippen LogP contribution in [0.4, 0.5) is 11.4 Å². The number of hydrogen-bond donors (Lipinski definition) is 0. The van der Waals surface area contributed by atoms with E-state index in [0.717, 1.165) is 22.3 Å². The molecule has 4 aromatic rings. The molecule has 0 amide bonds. The van der Waals surface area contributed by atoms with Crippen molar-refractivity contribution in [2.45, 2.75) is 0 Å². The molecule has 4 nitrogen and oxygen atoms in total. The van der Waals surface area contributed by atoms with E-state index in [1.807, 2.05) is 78.9 Å². The third-order valence-corrected chi connectivity index (χ3v) is 5.19. The van der Waals surface area contributed by atoms with E-state index in [1.54, 1.807) is 30.4 Å². The average molecular weight is 414 g/mol. The maximum atomic E-state index is 11.3. The monoisotopic (exact) mass is 414 g/mol. The Morgan fingerprint density at radius 1 is 0.625 bits per heavy atom. The molecule has 0 aliphatic heterocycles. The van der Waals surface area contributed by atoms with Gasteiger partial charge < -0.3 is 0 Å². The number of aliphatic imine (C=N–C) groups is 2. The number of nitrogens with zero attached hydrogens (tertiary/aromatic N) is 2. The van der Waals surface area contributed by atoms with E-state index < -0.39 is 0 Å². The Labute approximate surface area is 185 Å². The predicted octanol–water partition coefficient (Wildman–Crippen LogP) is 7.02. The second-order valence-corrected chi connectivity index (χ2v) is 7.02. The zero-order valence-electron chi connectivity index (χ0n) is 17.2. The molecule has 32 heavy (non-hydrogen) atoms. The molecule has 0 bridgehead atoms. The molecule has 0 unspecified atom stereocenters. The molecule has 0 aromatic heterocycles. The number of carbonyl (C=O) groups excluding carboxylic acids is 2. The Kier molecular flexibility index (Phi) is 6.10. The van der Waals surface area contributed by atoms with Crippen molar-refractivity contribution in [1.82, 2.24) is 0 Å². The fourth-order valence-corrected chi connectivity index (χ4v) is 3.81. The number of isocyanates is 2. The van der Waals surface area contributed by atoms with E-state index in [9.17, 15) is 9.59 Å². The van der Waals surface area contributed by atoms with Gasteiger partial charge in [0.1, 0.15) is 0 Å². The van der Waals surface area contributed by atoms with E-state index in [0.29, 0.717) is 28.1 Å². The fraction of sp³-hybridized carbons (Fsp3) is 0. The largest absolute Gasteiger partial charge is 0.240 e. The van der Waals surface area contributed by atoms with Crippen LogP contribution in [0.5, 0.6) is 0 Å². The lowest BCUT2D eigenvalue weighted by molar-refractivity contribution is 0.564. The zero-order chi connectivity index (χ0) is 22.3. The molecule has 0 saturated heterocycles. The summed E-state index contributed by atoms with van der Waals surface area (Å²) in [7, 11) is 0. The van der Waals surface area contributed by atoms with Crippen LogP contribution >= 0.6 is 0 Å². The fourth-order valence-electron chi connectivity index (χ4n) is 3.81. The molecule has 4 rings (SSSR count). The van der Waals surface area contributed by atoms with Crippen LogP contribution in [0.2, 0.25) is 0 Å². The van der Waals surface area contributed by atoms with Crippen molar-refractivity contribution < 1.29 is 9.59 Å². The van der Waals surface area contributed by atoms with Crippen molar-refractivity contribution >= 4 is 29.1 Å². The number of benzene rings is 4. The normalized spacial score (nSPS) is 10.0. The Morgan fingerprint density at radius 2 is 1.19 bits per heavy atom. The second-order valence-electron chi connectivity index (χ2n) is 7.02. The van der Waals surface area contributed by atoms with Crippen molar-refractivity contribution in [3.05, 3.63) is 115 Å². The molecule has 0 spiro atoms. The second kappa shape index (κ2) is 9.46. The molecule has 4 aromatic carbocycles. The molecule has 0 radical (unpaired) electrons. The summed E-state index contributed by atoms with van der Waals surface area (Å²) >= 11 is 0. The minimum Gasteiger partial charge on any atom is -0.211 e. The van der Waals surface area contributed by atoms with Gasteiger partial charge in [-0.3, -0.25) is 0 Å². The average Bonchev–Trinajstić information content (AvgIpc) is 2.85. The topological polar surface area (TPSA) is 58.9 Å². The first kappa shape index (κ1) is 20.6. The Morgan fingerprint density at radius 3 is 1.84 bits per heavy atom. The van der Waals surface area contributed by atoms with Crippen LogP contribution in [-0.2, 0) is 9.59 Å². The highest BCUT2D eigenvalue weighted by Gasteiger charge is 2.21. The summed E-state index contributed by atoms with van der Waals surface area (Å²) in [5.41, 5.74) is 6.60. The van der Waals surface area contributed by atoms with Crippen LogP contribution in [0.3, 0.4) is 0 Å². The van der Waals surface area contributed by atoms with Gasteiger partial charge in [-0.15, -0.1) is 0 Å². The maximum absolute atomic E-state index is 11.3. The number of hydrogen-bond acceptors (Lipinski definition) is 4. The smallest absolute Gasteiger partial charge is 0.211 e. The Balaban J connectivity index is 2.10. The van der Waals surface area contributed by atoms with Gasteiger partial charge in [-0.1, -0.05) is 91.5 Å². The van der Waals surface area contributed by atoms with Crippen molar-refractivity contribution in [2.24, 2.45) is 9.98 Å². The van der Waals surface area contributed by atoms with Crippen molar-refractivity contribution in [2.75, 3.05) is 0 Å². The number of rotatable bonds is 6. The summed E-state index contributed by atoms with van der Waals surface area (Å²) in [6.45, 7) is 4.32. The van der Waals surface area contributed by atoms with Gasteiger partial charge in [0.05, 0.1) is 11.4 Å². The third-order valence-electron chi connectivity index (χ3n) is 5.19. The van der Waals surface area contributed by atoms with Crippen LogP contribution in [0, 0.1) is 0 Å². The van der Waals surface area contributed by atoms with Crippen molar-refractivity contribution in [3.63, 3.8) is 0 Å². The van der Waals surface area contributed by atoms with Crippen LogP contribution in [0.25, 0.3) is 27.8 Å². The van der Waals surface area contributed by atoms with Gasteiger partial charge in [-0.2, -0.15) is 9.98 Å². The molecule has 4 heteroatoms. The highest BCUT2D eigenvalue weighted by atomic mass is 16.1. The van der Waals surface area contributed by atoms with E-state index in [1.165, 1.54) is 0 Å². The molecular formula is C28H18N2O2. The number of para-hydroxylation sites is 1. The van der Waals surface area contributed by atoms with E-state index in [2.05, 4.69) is 16.6 Å². The Bertz CT molecular complexity index is 1380. The van der Waals surface area contributed by atoms with Gasteiger partial charge >= 0.3 is 0 Å². The van der Waals surface area contributed by atoms with Gasteiger partial charge in [0.25, 0.3) is 0 Å². The molecule has 0 atom stereocenters. The van der Waals surface area contributed by atoms with E-state index in [4.69, 9.17) is 0 Å². The summed E-state index contributed by atoms with van der Waals surface area (Å²) < 4.78 is 0. The summed E-state index contributed by atoms with van der Waals surface area (Å²) in [5, 5.41) is 0. The minimum absolute atomic E-state index is 0.438. The molecule has 0 aliphatic rings. The lowest BCUT2D eigenvalue weighted by Crippen LogP contribution is -1.96. The molecule has 0 fully saturated rings. The van der Waals surface area contributed by atoms with Crippen LogP contribution in [0.15, 0.2) is 114 Å².